The molecule has 104 valence electrons. The van der Waals surface area contributed by atoms with E-state index in [2.05, 4.69) is 0 Å². The average Bonchev–Trinajstić information content (AvgIpc) is 2.24. The van der Waals surface area contributed by atoms with Gasteiger partial charge in [0, 0.05) is 19.8 Å². The Balaban J connectivity index is 3.06. The van der Waals surface area contributed by atoms with Gasteiger partial charge >= 0.3 is 11.9 Å². The maximum Gasteiger partial charge on any atom is 0.323 e. The Bertz CT molecular complexity index is 435. The van der Waals surface area contributed by atoms with Crippen LogP contribution in [0.5, 0.6) is 0 Å². The van der Waals surface area contributed by atoms with Gasteiger partial charge in [-0.25, -0.2) is 0 Å². The Hall–Kier alpha value is -1.68. The Kier molecular flexibility index (Phi) is 4.48. The number of carbonyl (C=O) groups is 2. The van der Waals surface area contributed by atoms with Crippen LogP contribution in [-0.4, -0.2) is 22.7 Å². The highest BCUT2D eigenvalue weighted by atomic mass is 32.1. The van der Waals surface area contributed by atoms with Gasteiger partial charge in [0.25, 0.3) is 5.79 Å². The maximum absolute atomic E-state index is 11.9. The van der Waals surface area contributed by atoms with Crippen LogP contribution in [0.1, 0.15) is 27.2 Å². The molecule has 0 aromatic rings. The van der Waals surface area contributed by atoms with Crippen LogP contribution in [0.3, 0.4) is 0 Å². The van der Waals surface area contributed by atoms with Crippen LogP contribution in [0.4, 0.5) is 0 Å². The van der Waals surface area contributed by atoms with Crippen molar-refractivity contribution in [2.24, 2.45) is 23.5 Å². The second-order valence-corrected chi connectivity index (χ2v) is 5.27. The maximum atomic E-state index is 11.9. The van der Waals surface area contributed by atoms with E-state index >= 15 is 0 Å². The lowest BCUT2D eigenvalue weighted by Crippen LogP contribution is -2.50. The summed E-state index contributed by atoms with van der Waals surface area (Å²) in [7, 11) is 0. The number of rotatable bonds is 4. The van der Waals surface area contributed by atoms with Crippen molar-refractivity contribution >= 4 is 29.1 Å². The predicted molar refractivity (Wildman–Crippen MR) is 69.4 cm³/mol. The molecule has 1 aliphatic heterocycles. The fourth-order valence-electron chi connectivity index (χ4n) is 2.11. The van der Waals surface area contributed by atoms with Crippen molar-refractivity contribution in [3.05, 3.63) is 0 Å². The highest BCUT2D eigenvalue weighted by Crippen LogP contribution is 2.33. The lowest BCUT2D eigenvalue weighted by Gasteiger charge is -2.36. The molecule has 19 heavy (non-hydrogen) atoms. The first-order valence-corrected chi connectivity index (χ1v) is 6.29. The number of nitrogens with zero attached hydrogens (tertiary/aromatic N) is 1. The van der Waals surface area contributed by atoms with Crippen molar-refractivity contribution < 1.29 is 19.1 Å². The molecule has 2 atom stereocenters. The molecule has 0 spiro atoms. The fourth-order valence-corrected chi connectivity index (χ4v) is 2.34. The highest BCUT2D eigenvalue weighted by Gasteiger charge is 2.49. The monoisotopic (exact) mass is 284 g/mol. The zero-order valence-corrected chi connectivity index (χ0v) is 11.8. The molecule has 1 heterocycles. The van der Waals surface area contributed by atoms with Crippen LogP contribution >= 0.6 is 12.2 Å². The third kappa shape index (κ3) is 3.20. The normalized spacial score (nSPS) is 21.8. The molecule has 6 nitrogen and oxygen atoms in total. The van der Waals surface area contributed by atoms with E-state index in [9.17, 15) is 9.59 Å². The van der Waals surface area contributed by atoms with Crippen LogP contribution in [0.25, 0.3) is 0 Å². The molecule has 2 unspecified atom stereocenters. The molecule has 0 saturated carbocycles. The molecule has 1 rings (SSSR count). The minimum atomic E-state index is -1.28. The molecule has 0 radical (unpaired) electrons. The van der Waals surface area contributed by atoms with E-state index in [0.717, 1.165) is 0 Å². The molecule has 0 amide bonds. The molecule has 0 aromatic heterocycles. The van der Waals surface area contributed by atoms with Crippen molar-refractivity contribution in [3.8, 4) is 6.07 Å². The van der Waals surface area contributed by atoms with Gasteiger partial charge in [-0.2, -0.15) is 5.26 Å². The van der Waals surface area contributed by atoms with E-state index in [1.807, 2.05) is 6.07 Å². The summed E-state index contributed by atoms with van der Waals surface area (Å²) in [5, 5.41) is 9.08. The second-order valence-electron chi connectivity index (χ2n) is 4.80. The Morgan fingerprint density at radius 2 is 1.95 bits per heavy atom. The first kappa shape index (κ1) is 15.4. The summed E-state index contributed by atoms with van der Waals surface area (Å²) in [6.45, 7) is 4.68. The van der Waals surface area contributed by atoms with E-state index < -0.39 is 35.5 Å². The lowest BCUT2D eigenvalue weighted by molar-refractivity contribution is -0.243. The van der Waals surface area contributed by atoms with E-state index in [1.165, 1.54) is 13.8 Å². The number of ether oxygens (including phenoxy) is 2. The fraction of sp³-hybridized carbons (Fsp3) is 0.667. The van der Waals surface area contributed by atoms with E-state index in [4.69, 9.17) is 32.7 Å². The molecule has 1 aliphatic rings. The van der Waals surface area contributed by atoms with Crippen molar-refractivity contribution in [2.45, 2.75) is 33.0 Å². The second kappa shape index (κ2) is 5.53. The topological polar surface area (TPSA) is 102 Å². The molecular weight excluding hydrogens is 268 g/mol. The van der Waals surface area contributed by atoms with Crippen molar-refractivity contribution in [3.63, 3.8) is 0 Å². The third-order valence-electron chi connectivity index (χ3n) is 2.97. The minimum absolute atomic E-state index is 0.0419. The van der Waals surface area contributed by atoms with E-state index in [1.54, 1.807) is 6.92 Å². The van der Waals surface area contributed by atoms with Gasteiger partial charge in [-0.1, -0.05) is 25.6 Å². The zero-order valence-electron chi connectivity index (χ0n) is 11.0. The van der Waals surface area contributed by atoms with Gasteiger partial charge in [0.2, 0.25) is 0 Å². The van der Waals surface area contributed by atoms with Crippen LogP contribution in [0.15, 0.2) is 0 Å². The number of nitriles is 1. The van der Waals surface area contributed by atoms with Gasteiger partial charge in [-0.3, -0.25) is 9.59 Å². The minimum Gasteiger partial charge on any atom is -0.422 e. The SMILES string of the molecule is CCC(C(C#N)C(N)=S)C1C(=O)OC(C)(C)OC1=O. The molecule has 0 aliphatic carbocycles. The summed E-state index contributed by atoms with van der Waals surface area (Å²) < 4.78 is 10.1. The summed E-state index contributed by atoms with van der Waals surface area (Å²) in [6.07, 6.45) is 0.380. The lowest BCUT2D eigenvalue weighted by atomic mass is 9.79. The Morgan fingerprint density at radius 3 is 2.26 bits per heavy atom. The molecule has 1 fully saturated rings. The summed E-state index contributed by atoms with van der Waals surface area (Å²) in [4.78, 5) is 23.9. The van der Waals surface area contributed by atoms with Crippen LogP contribution in [-0.2, 0) is 19.1 Å². The average molecular weight is 284 g/mol. The van der Waals surface area contributed by atoms with Gasteiger partial charge < -0.3 is 15.2 Å². The quantitative estimate of drug-likeness (QED) is 0.464. The largest absolute Gasteiger partial charge is 0.422 e. The smallest absolute Gasteiger partial charge is 0.323 e. The number of hydrogen-bond acceptors (Lipinski definition) is 6. The third-order valence-corrected chi connectivity index (χ3v) is 3.23. The number of hydrogen-bond donors (Lipinski definition) is 1. The number of thiocarbonyl (C=S) groups is 1. The first-order valence-electron chi connectivity index (χ1n) is 5.88. The number of nitrogens with two attached hydrogens (primary N) is 1. The van der Waals surface area contributed by atoms with Crippen LogP contribution < -0.4 is 5.73 Å². The van der Waals surface area contributed by atoms with Crippen molar-refractivity contribution in [1.82, 2.24) is 0 Å². The molecule has 2 N–H and O–H groups in total. The molecule has 0 aromatic carbocycles. The van der Waals surface area contributed by atoms with E-state index in [0.29, 0.717) is 6.42 Å². The zero-order chi connectivity index (χ0) is 14.8. The Labute approximate surface area is 116 Å². The highest BCUT2D eigenvalue weighted by molar-refractivity contribution is 7.80. The van der Waals surface area contributed by atoms with Gasteiger partial charge in [0.05, 0.1) is 11.1 Å². The summed E-state index contributed by atoms with van der Waals surface area (Å²) in [5.41, 5.74) is 5.48. The standard InChI is InChI=1S/C12H16N2O4S/c1-4-6(7(5-13)9(14)19)8-10(15)17-12(2,3)18-11(8)16/h6-8H,4H2,1-3H3,(H2,14,19). The van der Waals surface area contributed by atoms with Crippen molar-refractivity contribution in [2.75, 3.05) is 0 Å². The number of esters is 2. The van der Waals surface area contributed by atoms with Gasteiger partial charge in [-0.05, 0) is 0 Å². The summed E-state index contributed by atoms with van der Waals surface area (Å²) in [6, 6.07) is 1.93. The predicted octanol–water partition coefficient (Wildman–Crippen LogP) is 0.891. The summed E-state index contributed by atoms with van der Waals surface area (Å²) in [5.74, 6) is -5.36. The van der Waals surface area contributed by atoms with Crippen LogP contribution in [0.2, 0.25) is 0 Å². The summed E-state index contributed by atoms with van der Waals surface area (Å²) >= 11 is 4.80. The molecule has 7 heteroatoms. The van der Waals surface area contributed by atoms with Gasteiger partial charge in [-0.15, -0.1) is 0 Å². The van der Waals surface area contributed by atoms with Gasteiger partial charge in [0.15, 0.2) is 5.92 Å². The van der Waals surface area contributed by atoms with Crippen molar-refractivity contribution in [1.29, 1.82) is 5.26 Å². The molecule has 1 saturated heterocycles. The van der Waals surface area contributed by atoms with Gasteiger partial charge in [0.1, 0.15) is 5.92 Å². The van der Waals surface area contributed by atoms with E-state index in [-0.39, 0.29) is 4.99 Å². The van der Waals surface area contributed by atoms with Crippen LogP contribution in [0, 0.1) is 29.1 Å². The molecular formula is C12H16N2O4S. The first-order chi connectivity index (χ1) is 8.73. The number of carbonyl (C=O) groups excluding carboxylic acids is 2. The molecule has 0 bridgehead atoms. The number of cyclic esters (lactones) is 2. The Morgan fingerprint density at radius 1 is 1.47 bits per heavy atom.